The van der Waals surface area contributed by atoms with E-state index in [9.17, 15) is 18.0 Å². The molecule has 0 fully saturated rings. The van der Waals surface area contributed by atoms with E-state index < -0.39 is 28.5 Å². The normalized spacial score (nSPS) is 11.1. The second kappa shape index (κ2) is 9.18. The molecule has 1 amide bonds. The number of esters is 1. The van der Waals surface area contributed by atoms with Gasteiger partial charge in [0.15, 0.2) is 6.61 Å². The minimum Gasteiger partial charge on any atom is -0.452 e. The number of hydrogen-bond donors (Lipinski definition) is 2. The van der Waals surface area contributed by atoms with Crippen molar-refractivity contribution in [2.75, 3.05) is 18.5 Å². The Morgan fingerprint density at radius 2 is 1.85 bits per heavy atom. The summed E-state index contributed by atoms with van der Waals surface area (Å²) in [6.07, 6.45) is 0. The van der Waals surface area contributed by atoms with Gasteiger partial charge >= 0.3 is 5.97 Å². The molecule has 0 saturated carbocycles. The van der Waals surface area contributed by atoms with E-state index in [-0.39, 0.29) is 27.7 Å². The van der Waals surface area contributed by atoms with Crippen LogP contribution in [0, 0.1) is 0 Å². The van der Waals surface area contributed by atoms with Crippen molar-refractivity contribution in [2.45, 2.75) is 11.8 Å². The fourth-order valence-corrected chi connectivity index (χ4v) is 3.48. The fourth-order valence-electron chi connectivity index (χ4n) is 2.06. The molecule has 0 heterocycles. The molecule has 0 spiro atoms. The lowest BCUT2D eigenvalue weighted by atomic mass is 10.2. The van der Waals surface area contributed by atoms with Gasteiger partial charge < -0.3 is 10.1 Å². The Bertz CT molecular complexity index is 964. The summed E-state index contributed by atoms with van der Waals surface area (Å²) in [5, 5.41) is 3.13. The third-order valence-electron chi connectivity index (χ3n) is 3.25. The summed E-state index contributed by atoms with van der Waals surface area (Å²) in [5.41, 5.74) is 0.284. The van der Waals surface area contributed by atoms with Gasteiger partial charge in [-0.25, -0.2) is 17.9 Å². The molecule has 7 nitrogen and oxygen atoms in total. The molecule has 144 valence electrons. The Morgan fingerprint density at radius 1 is 1.11 bits per heavy atom. The smallest absolute Gasteiger partial charge is 0.338 e. The second-order valence-electron chi connectivity index (χ2n) is 5.28. The zero-order valence-corrected chi connectivity index (χ0v) is 16.5. The van der Waals surface area contributed by atoms with Gasteiger partial charge in [0, 0.05) is 11.6 Å². The molecular weight excluding hydrogens is 415 g/mol. The quantitative estimate of drug-likeness (QED) is 0.657. The number of hydrogen-bond acceptors (Lipinski definition) is 5. The summed E-state index contributed by atoms with van der Waals surface area (Å²) in [6.45, 7) is 1.27. The van der Waals surface area contributed by atoms with Gasteiger partial charge in [0.25, 0.3) is 5.91 Å². The van der Waals surface area contributed by atoms with Crippen LogP contribution < -0.4 is 10.0 Å². The van der Waals surface area contributed by atoms with E-state index in [4.69, 9.17) is 27.9 Å². The van der Waals surface area contributed by atoms with Crippen molar-refractivity contribution in [1.82, 2.24) is 4.72 Å². The number of sulfonamides is 1. The van der Waals surface area contributed by atoms with E-state index in [1.54, 1.807) is 13.0 Å². The lowest BCUT2D eigenvalue weighted by Gasteiger charge is -2.09. The monoisotopic (exact) mass is 430 g/mol. The first-order valence-electron chi connectivity index (χ1n) is 7.74. The molecule has 0 aromatic heterocycles. The van der Waals surface area contributed by atoms with Gasteiger partial charge in [-0.3, -0.25) is 4.79 Å². The predicted molar refractivity (Wildman–Crippen MR) is 103 cm³/mol. The maximum absolute atomic E-state index is 12.1. The van der Waals surface area contributed by atoms with E-state index in [1.165, 1.54) is 36.4 Å². The highest BCUT2D eigenvalue weighted by Crippen LogP contribution is 2.25. The van der Waals surface area contributed by atoms with Gasteiger partial charge in [0.2, 0.25) is 10.0 Å². The van der Waals surface area contributed by atoms with Gasteiger partial charge in [-0.15, -0.1) is 0 Å². The van der Waals surface area contributed by atoms with Gasteiger partial charge in [-0.2, -0.15) is 0 Å². The summed E-state index contributed by atoms with van der Waals surface area (Å²) in [4.78, 5) is 23.9. The topological polar surface area (TPSA) is 102 Å². The largest absolute Gasteiger partial charge is 0.452 e. The molecule has 2 aromatic rings. The molecule has 0 saturated heterocycles. The molecule has 0 aliphatic carbocycles. The van der Waals surface area contributed by atoms with Crippen LogP contribution in [-0.4, -0.2) is 33.4 Å². The maximum Gasteiger partial charge on any atom is 0.338 e. The van der Waals surface area contributed by atoms with Crippen molar-refractivity contribution in [3.8, 4) is 0 Å². The third-order valence-corrected chi connectivity index (χ3v) is 5.36. The number of ether oxygens (including phenoxy) is 1. The molecule has 2 N–H and O–H groups in total. The SMILES string of the molecule is CCNS(=O)(=O)c1cccc(C(=O)OCC(=O)Nc2cc(Cl)ccc2Cl)c1. The average Bonchev–Trinajstić information content (AvgIpc) is 2.63. The minimum absolute atomic E-state index is 0.00238. The Kier molecular flexibility index (Phi) is 7.20. The van der Waals surface area contributed by atoms with E-state index in [0.717, 1.165) is 0 Å². The van der Waals surface area contributed by atoms with Gasteiger partial charge in [0.05, 0.1) is 21.2 Å². The molecule has 2 aromatic carbocycles. The maximum atomic E-state index is 12.1. The molecule has 0 unspecified atom stereocenters. The van der Waals surface area contributed by atoms with E-state index in [2.05, 4.69) is 10.0 Å². The summed E-state index contributed by atoms with van der Waals surface area (Å²) < 4.78 is 31.2. The van der Waals surface area contributed by atoms with Crippen LogP contribution in [0.5, 0.6) is 0 Å². The zero-order valence-electron chi connectivity index (χ0n) is 14.2. The van der Waals surface area contributed by atoms with Crippen LogP contribution in [0.15, 0.2) is 47.4 Å². The Balaban J connectivity index is 2.01. The molecule has 2 rings (SSSR count). The van der Waals surface area contributed by atoms with E-state index >= 15 is 0 Å². The average molecular weight is 431 g/mol. The standard InChI is InChI=1S/C17H16Cl2N2O5S/c1-2-20-27(24,25)13-5-3-4-11(8-13)17(23)26-10-16(22)21-15-9-12(18)6-7-14(15)19/h3-9,20H,2,10H2,1H3,(H,21,22). The van der Waals surface area contributed by atoms with Crippen molar-refractivity contribution in [2.24, 2.45) is 0 Å². The number of anilines is 1. The lowest BCUT2D eigenvalue weighted by Crippen LogP contribution is -2.24. The first-order valence-corrected chi connectivity index (χ1v) is 9.98. The van der Waals surface area contributed by atoms with Crippen LogP contribution in [0.25, 0.3) is 0 Å². The molecule has 10 heteroatoms. The Labute approximate surface area is 166 Å². The second-order valence-corrected chi connectivity index (χ2v) is 7.89. The summed E-state index contributed by atoms with van der Waals surface area (Å²) in [6, 6.07) is 9.86. The van der Waals surface area contributed by atoms with E-state index in [0.29, 0.717) is 5.02 Å². The number of nitrogens with one attached hydrogen (secondary N) is 2. The molecule has 0 radical (unpaired) electrons. The molecule has 27 heavy (non-hydrogen) atoms. The van der Waals surface area contributed by atoms with E-state index in [1.807, 2.05) is 0 Å². The van der Waals surface area contributed by atoms with Crippen LogP contribution in [0.3, 0.4) is 0 Å². The molecule has 0 aliphatic rings. The highest BCUT2D eigenvalue weighted by molar-refractivity contribution is 7.89. The number of halogens is 2. The fraction of sp³-hybridized carbons (Fsp3) is 0.176. The Hall–Kier alpha value is -2.13. The molecule has 0 aliphatic heterocycles. The number of carbonyl (C=O) groups is 2. The van der Waals surface area contributed by atoms with Crippen LogP contribution in [0.4, 0.5) is 5.69 Å². The number of benzene rings is 2. The van der Waals surface area contributed by atoms with Gasteiger partial charge in [-0.1, -0.05) is 36.2 Å². The molecular formula is C17H16Cl2N2O5S. The van der Waals surface area contributed by atoms with Crippen LogP contribution in [0.1, 0.15) is 17.3 Å². The summed E-state index contributed by atoms with van der Waals surface area (Å²) >= 11 is 11.8. The van der Waals surface area contributed by atoms with Gasteiger partial charge in [0.1, 0.15) is 0 Å². The first-order chi connectivity index (χ1) is 12.7. The predicted octanol–water partition coefficient (Wildman–Crippen LogP) is 3.09. The van der Waals surface area contributed by atoms with Crippen molar-refractivity contribution >= 4 is 50.8 Å². The van der Waals surface area contributed by atoms with Crippen LogP contribution in [-0.2, 0) is 19.6 Å². The third kappa shape index (κ3) is 5.93. The first kappa shape index (κ1) is 21.2. The van der Waals surface area contributed by atoms with Crippen molar-refractivity contribution in [3.63, 3.8) is 0 Å². The van der Waals surface area contributed by atoms with Gasteiger partial charge in [-0.05, 0) is 36.4 Å². The van der Waals surface area contributed by atoms with Crippen LogP contribution in [0.2, 0.25) is 10.0 Å². The number of rotatable bonds is 7. The highest BCUT2D eigenvalue weighted by atomic mass is 35.5. The summed E-state index contributed by atoms with van der Waals surface area (Å²) in [5.74, 6) is -1.46. The molecule has 0 bridgehead atoms. The molecule has 0 atom stereocenters. The number of carbonyl (C=O) groups excluding carboxylic acids is 2. The Morgan fingerprint density at radius 3 is 2.56 bits per heavy atom. The minimum atomic E-state index is -3.71. The van der Waals surface area contributed by atoms with Crippen molar-refractivity contribution < 1.29 is 22.7 Å². The van der Waals surface area contributed by atoms with Crippen LogP contribution >= 0.6 is 23.2 Å². The summed E-state index contributed by atoms with van der Waals surface area (Å²) in [7, 11) is -3.71. The lowest BCUT2D eigenvalue weighted by molar-refractivity contribution is -0.119. The number of amides is 1. The highest BCUT2D eigenvalue weighted by Gasteiger charge is 2.17. The van der Waals surface area contributed by atoms with Crippen molar-refractivity contribution in [3.05, 3.63) is 58.1 Å². The van der Waals surface area contributed by atoms with Crippen molar-refractivity contribution in [1.29, 1.82) is 0 Å². The zero-order chi connectivity index (χ0) is 20.0.